The van der Waals surface area contributed by atoms with Gasteiger partial charge in [-0.15, -0.1) is 0 Å². The van der Waals surface area contributed by atoms with Crippen molar-refractivity contribution in [2.45, 2.75) is 70.8 Å². The van der Waals surface area contributed by atoms with E-state index in [9.17, 15) is 18.0 Å². The van der Waals surface area contributed by atoms with E-state index in [-0.39, 0.29) is 11.6 Å². The second-order valence-corrected chi connectivity index (χ2v) is 8.80. The predicted molar refractivity (Wildman–Crippen MR) is 101 cm³/mol. The number of carbonyl (C=O) groups is 1. The fraction of sp³-hybridized carbons (Fsp3) is 0.524. The molecule has 0 radical (unpaired) electrons. The van der Waals surface area contributed by atoms with Gasteiger partial charge in [0.1, 0.15) is 5.60 Å². The Kier molecular flexibility index (Phi) is 4.44. The van der Waals surface area contributed by atoms with Gasteiger partial charge >= 0.3 is 12.3 Å². The van der Waals surface area contributed by atoms with Gasteiger partial charge in [0.25, 0.3) is 0 Å². The van der Waals surface area contributed by atoms with Gasteiger partial charge in [-0.3, -0.25) is 4.90 Å². The number of carbonyl (C=O) groups excluding carboxylic acids is 1. The van der Waals surface area contributed by atoms with Crippen molar-refractivity contribution in [1.29, 1.82) is 0 Å². The number of alkyl halides is 3. The SMILES string of the molecule is Cc1cccc(-n2nc(C(F)(F)F)c3c2CC2CCC3N2C(=O)OC(C)(C)C)c1. The summed E-state index contributed by atoms with van der Waals surface area (Å²) >= 11 is 0. The highest BCUT2D eigenvalue weighted by atomic mass is 19.4. The zero-order chi connectivity index (χ0) is 21.1. The average molecular weight is 407 g/mol. The predicted octanol–water partition coefficient (Wildman–Crippen LogP) is 5.20. The number of aryl methyl sites for hydroxylation is 1. The first-order valence-electron chi connectivity index (χ1n) is 9.73. The Morgan fingerprint density at radius 2 is 1.93 bits per heavy atom. The number of fused-ring (bicyclic) bond motifs is 4. The number of rotatable bonds is 1. The van der Waals surface area contributed by atoms with E-state index in [1.165, 1.54) is 9.58 Å². The van der Waals surface area contributed by atoms with E-state index in [0.717, 1.165) is 5.56 Å². The summed E-state index contributed by atoms with van der Waals surface area (Å²) in [7, 11) is 0. The molecule has 0 saturated carbocycles. The summed E-state index contributed by atoms with van der Waals surface area (Å²) in [4.78, 5) is 14.3. The molecule has 0 spiro atoms. The average Bonchev–Trinajstić information content (AvgIpc) is 3.11. The van der Waals surface area contributed by atoms with Gasteiger partial charge in [-0.1, -0.05) is 12.1 Å². The molecule has 2 bridgehead atoms. The van der Waals surface area contributed by atoms with Gasteiger partial charge in [-0.25, -0.2) is 9.48 Å². The third kappa shape index (κ3) is 3.49. The topological polar surface area (TPSA) is 47.4 Å². The van der Waals surface area contributed by atoms with Crippen molar-refractivity contribution in [3.63, 3.8) is 0 Å². The molecule has 1 fully saturated rings. The van der Waals surface area contributed by atoms with E-state index < -0.39 is 29.6 Å². The zero-order valence-corrected chi connectivity index (χ0v) is 16.9. The van der Waals surface area contributed by atoms with Crippen LogP contribution in [0.25, 0.3) is 5.69 Å². The number of hydrogen-bond donors (Lipinski definition) is 0. The van der Waals surface area contributed by atoms with Crippen LogP contribution in [0.15, 0.2) is 24.3 Å². The largest absolute Gasteiger partial charge is 0.444 e. The van der Waals surface area contributed by atoms with Gasteiger partial charge in [0, 0.05) is 18.0 Å². The minimum absolute atomic E-state index is 0.110. The van der Waals surface area contributed by atoms with Crippen molar-refractivity contribution in [2.24, 2.45) is 0 Å². The van der Waals surface area contributed by atoms with Crippen LogP contribution in [0.4, 0.5) is 18.0 Å². The Bertz CT molecular complexity index is 959. The van der Waals surface area contributed by atoms with Crippen LogP contribution in [-0.4, -0.2) is 32.4 Å². The van der Waals surface area contributed by atoms with Gasteiger partial charge in [-0.2, -0.15) is 18.3 Å². The summed E-state index contributed by atoms with van der Waals surface area (Å²) < 4.78 is 48.6. The lowest BCUT2D eigenvalue weighted by Gasteiger charge is -2.36. The molecule has 156 valence electrons. The number of aromatic nitrogens is 2. The highest BCUT2D eigenvalue weighted by Crippen LogP contribution is 2.49. The molecule has 3 heterocycles. The first kappa shape index (κ1) is 19.8. The summed E-state index contributed by atoms with van der Waals surface area (Å²) in [5, 5.41) is 3.97. The molecule has 29 heavy (non-hydrogen) atoms. The van der Waals surface area contributed by atoms with E-state index in [2.05, 4.69) is 5.10 Å². The van der Waals surface area contributed by atoms with Crippen molar-refractivity contribution in [3.05, 3.63) is 46.8 Å². The fourth-order valence-corrected chi connectivity index (χ4v) is 4.38. The van der Waals surface area contributed by atoms with Crippen molar-refractivity contribution >= 4 is 6.09 Å². The molecular weight excluding hydrogens is 383 g/mol. The Hall–Kier alpha value is -2.51. The van der Waals surface area contributed by atoms with Crippen LogP contribution >= 0.6 is 0 Å². The summed E-state index contributed by atoms with van der Waals surface area (Å²) in [6.07, 6.45) is -3.73. The molecule has 8 heteroatoms. The zero-order valence-electron chi connectivity index (χ0n) is 16.9. The number of amides is 1. The van der Waals surface area contributed by atoms with E-state index >= 15 is 0 Å². The quantitative estimate of drug-likeness (QED) is 0.653. The molecule has 2 unspecified atom stereocenters. The monoisotopic (exact) mass is 407 g/mol. The number of hydrogen-bond acceptors (Lipinski definition) is 3. The fourth-order valence-electron chi connectivity index (χ4n) is 4.38. The first-order valence-corrected chi connectivity index (χ1v) is 9.73. The Morgan fingerprint density at radius 3 is 2.55 bits per heavy atom. The van der Waals surface area contributed by atoms with Crippen molar-refractivity contribution < 1.29 is 22.7 Å². The lowest BCUT2D eigenvalue weighted by Crippen LogP contribution is -2.45. The van der Waals surface area contributed by atoms with Crippen LogP contribution in [-0.2, 0) is 17.3 Å². The summed E-state index contributed by atoms with van der Waals surface area (Å²) in [5.74, 6) is 0. The van der Waals surface area contributed by atoms with Crippen LogP contribution in [0.2, 0.25) is 0 Å². The first-order chi connectivity index (χ1) is 13.5. The van der Waals surface area contributed by atoms with E-state index in [1.54, 1.807) is 32.9 Å². The maximum Gasteiger partial charge on any atom is 0.435 e. The molecule has 1 saturated heterocycles. The smallest absolute Gasteiger partial charge is 0.435 e. The molecule has 1 aromatic heterocycles. The molecule has 0 N–H and O–H groups in total. The van der Waals surface area contributed by atoms with Crippen molar-refractivity contribution in [3.8, 4) is 5.69 Å². The lowest BCUT2D eigenvalue weighted by molar-refractivity contribution is -0.142. The van der Waals surface area contributed by atoms with Gasteiger partial charge in [0.2, 0.25) is 0 Å². The number of ether oxygens (including phenoxy) is 1. The van der Waals surface area contributed by atoms with Crippen LogP contribution in [0.5, 0.6) is 0 Å². The third-order valence-electron chi connectivity index (χ3n) is 5.41. The van der Waals surface area contributed by atoms with Crippen molar-refractivity contribution in [1.82, 2.24) is 14.7 Å². The lowest BCUT2D eigenvalue weighted by atomic mass is 9.97. The summed E-state index contributed by atoms with van der Waals surface area (Å²) in [6.45, 7) is 7.13. The molecule has 1 aromatic carbocycles. The number of benzene rings is 1. The number of halogens is 3. The van der Waals surface area contributed by atoms with Crippen LogP contribution in [0, 0.1) is 6.92 Å². The maximum atomic E-state index is 13.9. The maximum absolute atomic E-state index is 13.9. The van der Waals surface area contributed by atoms with Gasteiger partial charge < -0.3 is 4.74 Å². The van der Waals surface area contributed by atoms with Crippen molar-refractivity contribution in [2.75, 3.05) is 0 Å². The Morgan fingerprint density at radius 1 is 1.21 bits per heavy atom. The third-order valence-corrected chi connectivity index (χ3v) is 5.41. The van der Waals surface area contributed by atoms with E-state index in [4.69, 9.17) is 4.74 Å². The molecular formula is C21H24F3N3O2. The van der Waals surface area contributed by atoms with Gasteiger partial charge in [0.15, 0.2) is 5.69 Å². The molecule has 2 atom stereocenters. The van der Waals surface area contributed by atoms with Crippen LogP contribution in [0.3, 0.4) is 0 Å². The molecule has 4 rings (SSSR count). The second kappa shape index (κ2) is 6.50. The molecule has 0 aliphatic carbocycles. The highest BCUT2D eigenvalue weighted by molar-refractivity contribution is 5.71. The van der Waals surface area contributed by atoms with Gasteiger partial charge in [0.05, 0.1) is 17.4 Å². The minimum Gasteiger partial charge on any atom is -0.444 e. The standard InChI is InChI=1S/C21H24F3N3O2/c1-12-6-5-7-14(10-12)27-16-11-13-8-9-15(17(16)18(25-27)21(22,23)24)26(13)19(28)29-20(2,3)4/h5-7,10,13,15H,8-9,11H2,1-4H3. The highest BCUT2D eigenvalue weighted by Gasteiger charge is 2.51. The van der Waals surface area contributed by atoms with E-state index in [0.29, 0.717) is 30.6 Å². The normalized spacial score (nSPS) is 21.3. The molecule has 2 aromatic rings. The van der Waals surface area contributed by atoms with Gasteiger partial charge in [-0.05, 0) is 58.2 Å². The minimum atomic E-state index is -4.60. The Balaban J connectivity index is 1.83. The van der Waals surface area contributed by atoms with Crippen LogP contribution < -0.4 is 0 Å². The van der Waals surface area contributed by atoms with Crippen LogP contribution in [0.1, 0.15) is 62.2 Å². The summed E-state index contributed by atoms with van der Waals surface area (Å²) in [6, 6.07) is 6.39. The number of nitrogens with zero attached hydrogens (tertiary/aromatic N) is 3. The van der Waals surface area contributed by atoms with E-state index in [1.807, 2.05) is 19.1 Å². The second-order valence-electron chi connectivity index (χ2n) is 8.80. The molecule has 5 nitrogen and oxygen atoms in total. The molecule has 2 aliphatic rings. The Labute approximate surface area is 167 Å². The summed E-state index contributed by atoms with van der Waals surface area (Å²) in [5.41, 5.74) is 0.563. The molecule has 1 amide bonds. The molecule has 2 aliphatic heterocycles.